The van der Waals surface area contributed by atoms with Gasteiger partial charge in [-0.1, -0.05) is 0 Å². The van der Waals surface area contributed by atoms with E-state index in [0.29, 0.717) is 19.5 Å². The number of rotatable bonds is 4. The van der Waals surface area contributed by atoms with Crippen LogP contribution >= 0.6 is 0 Å². The second-order valence-corrected chi connectivity index (χ2v) is 5.45. The first kappa shape index (κ1) is 14.1. The molecule has 0 spiro atoms. The first-order valence-corrected chi connectivity index (χ1v) is 7.09. The van der Waals surface area contributed by atoms with Crippen LogP contribution in [-0.2, 0) is 4.79 Å². The van der Waals surface area contributed by atoms with Gasteiger partial charge in [-0.25, -0.2) is 4.79 Å². The van der Waals surface area contributed by atoms with Crippen molar-refractivity contribution in [3.8, 4) is 0 Å². The Morgan fingerprint density at radius 1 is 1.26 bits per heavy atom. The molecular weight excluding hydrogens is 246 g/mol. The Morgan fingerprint density at radius 2 is 1.95 bits per heavy atom. The van der Waals surface area contributed by atoms with Crippen molar-refractivity contribution in [2.45, 2.75) is 32.2 Å². The predicted octanol–water partition coefficient (Wildman–Crippen LogP) is 0.587. The van der Waals surface area contributed by atoms with E-state index in [0.717, 1.165) is 19.6 Å². The molecule has 0 saturated carbocycles. The number of carboxylic acid groups (broad SMARTS) is 1. The first-order chi connectivity index (χ1) is 9.09. The van der Waals surface area contributed by atoms with Gasteiger partial charge >= 0.3 is 12.0 Å². The van der Waals surface area contributed by atoms with Gasteiger partial charge in [0.05, 0.1) is 5.92 Å². The fourth-order valence-electron chi connectivity index (χ4n) is 2.99. The number of carbonyl (C=O) groups is 2. The highest BCUT2D eigenvalue weighted by atomic mass is 16.4. The summed E-state index contributed by atoms with van der Waals surface area (Å²) in [4.78, 5) is 27.0. The van der Waals surface area contributed by atoms with Crippen molar-refractivity contribution in [1.29, 1.82) is 0 Å². The minimum Gasteiger partial charge on any atom is -0.481 e. The Morgan fingerprint density at radius 3 is 2.53 bits per heavy atom. The number of aliphatic carboxylic acids is 1. The van der Waals surface area contributed by atoms with Crippen LogP contribution in [0.2, 0.25) is 0 Å². The number of carboxylic acids is 1. The van der Waals surface area contributed by atoms with Gasteiger partial charge in [-0.2, -0.15) is 0 Å². The van der Waals surface area contributed by atoms with Crippen LogP contribution in [0.25, 0.3) is 0 Å². The van der Waals surface area contributed by atoms with E-state index in [1.54, 1.807) is 4.90 Å². The van der Waals surface area contributed by atoms with Gasteiger partial charge < -0.3 is 20.2 Å². The molecule has 2 fully saturated rings. The Bertz CT molecular complexity index is 342. The SMILES string of the molecule is CC1C(C(=O)O)CCN1C(=O)NCCN1CCCC1. The van der Waals surface area contributed by atoms with Crippen LogP contribution in [0.3, 0.4) is 0 Å². The quantitative estimate of drug-likeness (QED) is 0.783. The van der Waals surface area contributed by atoms with E-state index in [4.69, 9.17) is 5.11 Å². The van der Waals surface area contributed by atoms with Gasteiger partial charge in [-0.15, -0.1) is 0 Å². The Balaban J connectivity index is 1.72. The van der Waals surface area contributed by atoms with Crippen molar-refractivity contribution in [3.05, 3.63) is 0 Å². The topological polar surface area (TPSA) is 72.9 Å². The lowest BCUT2D eigenvalue weighted by Gasteiger charge is -2.24. The molecule has 19 heavy (non-hydrogen) atoms. The van der Waals surface area contributed by atoms with Gasteiger partial charge in [0, 0.05) is 25.7 Å². The number of urea groups is 1. The average molecular weight is 269 g/mol. The van der Waals surface area contributed by atoms with E-state index in [1.807, 2.05) is 6.92 Å². The third-order valence-corrected chi connectivity index (χ3v) is 4.24. The van der Waals surface area contributed by atoms with E-state index in [9.17, 15) is 9.59 Å². The lowest BCUT2D eigenvalue weighted by Crippen LogP contribution is -2.45. The van der Waals surface area contributed by atoms with E-state index >= 15 is 0 Å². The maximum Gasteiger partial charge on any atom is 0.317 e. The van der Waals surface area contributed by atoms with E-state index < -0.39 is 11.9 Å². The molecule has 108 valence electrons. The van der Waals surface area contributed by atoms with Gasteiger partial charge in [-0.05, 0) is 39.3 Å². The maximum absolute atomic E-state index is 12.0. The molecule has 0 aromatic heterocycles. The maximum atomic E-state index is 12.0. The zero-order valence-electron chi connectivity index (χ0n) is 11.5. The highest BCUT2D eigenvalue weighted by Gasteiger charge is 2.37. The van der Waals surface area contributed by atoms with Crippen LogP contribution < -0.4 is 5.32 Å². The normalized spacial score (nSPS) is 27.7. The van der Waals surface area contributed by atoms with E-state index in [2.05, 4.69) is 10.2 Å². The molecule has 2 atom stereocenters. The molecule has 0 bridgehead atoms. The van der Waals surface area contributed by atoms with Crippen molar-refractivity contribution in [1.82, 2.24) is 15.1 Å². The molecule has 6 nitrogen and oxygen atoms in total. The number of carbonyl (C=O) groups excluding carboxylic acids is 1. The van der Waals surface area contributed by atoms with Crippen LogP contribution in [0.15, 0.2) is 0 Å². The lowest BCUT2D eigenvalue weighted by atomic mass is 10.0. The van der Waals surface area contributed by atoms with Gasteiger partial charge in [-0.3, -0.25) is 4.79 Å². The average Bonchev–Trinajstić information content (AvgIpc) is 2.98. The summed E-state index contributed by atoms with van der Waals surface area (Å²) in [6, 6.07) is -0.347. The molecule has 0 aromatic rings. The molecule has 2 rings (SSSR count). The predicted molar refractivity (Wildman–Crippen MR) is 71.0 cm³/mol. The Hall–Kier alpha value is -1.30. The van der Waals surface area contributed by atoms with Crippen molar-refractivity contribution >= 4 is 12.0 Å². The molecule has 2 amide bonds. The van der Waals surface area contributed by atoms with E-state index in [-0.39, 0.29) is 12.1 Å². The zero-order chi connectivity index (χ0) is 13.8. The summed E-state index contributed by atoms with van der Waals surface area (Å²) in [6.07, 6.45) is 3.05. The second-order valence-electron chi connectivity index (χ2n) is 5.45. The Labute approximate surface area is 113 Å². The van der Waals surface area contributed by atoms with Crippen LogP contribution in [0.4, 0.5) is 4.79 Å². The van der Waals surface area contributed by atoms with Crippen LogP contribution in [0, 0.1) is 5.92 Å². The van der Waals surface area contributed by atoms with Gasteiger partial charge in [0.15, 0.2) is 0 Å². The van der Waals surface area contributed by atoms with Crippen LogP contribution in [0.1, 0.15) is 26.2 Å². The van der Waals surface area contributed by atoms with Crippen LogP contribution in [0.5, 0.6) is 0 Å². The number of nitrogens with one attached hydrogen (secondary N) is 1. The molecule has 0 radical (unpaired) electrons. The first-order valence-electron chi connectivity index (χ1n) is 7.09. The van der Waals surface area contributed by atoms with Gasteiger partial charge in [0.2, 0.25) is 0 Å². The molecule has 2 N–H and O–H groups in total. The number of hydrogen-bond acceptors (Lipinski definition) is 3. The molecule has 2 heterocycles. The number of hydrogen-bond donors (Lipinski definition) is 2. The molecule has 2 saturated heterocycles. The lowest BCUT2D eigenvalue weighted by molar-refractivity contribution is -0.142. The van der Waals surface area contributed by atoms with Crippen molar-refractivity contribution in [2.75, 3.05) is 32.7 Å². The summed E-state index contributed by atoms with van der Waals surface area (Å²) in [5.41, 5.74) is 0. The fraction of sp³-hybridized carbons (Fsp3) is 0.846. The monoisotopic (exact) mass is 269 g/mol. The minimum atomic E-state index is -0.806. The summed E-state index contributed by atoms with van der Waals surface area (Å²) in [5, 5.41) is 11.9. The van der Waals surface area contributed by atoms with Crippen molar-refractivity contribution < 1.29 is 14.7 Å². The summed E-state index contributed by atoms with van der Waals surface area (Å²) in [6.45, 7) is 6.11. The standard InChI is InChI=1S/C13H23N3O3/c1-10-11(12(17)18)4-8-16(10)13(19)14-5-9-15-6-2-3-7-15/h10-11H,2-9H2,1H3,(H,14,19)(H,17,18). The smallest absolute Gasteiger partial charge is 0.317 e. The summed E-state index contributed by atoms with van der Waals surface area (Å²) >= 11 is 0. The minimum absolute atomic E-state index is 0.129. The zero-order valence-corrected chi connectivity index (χ0v) is 11.5. The van der Waals surface area contributed by atoms with Crippen LogP contribution in [-0.4, -0.2) is 65.7 Å². The molecule has 0 aromatic carbocycles. The highest BCUT2D eigenvalue weighted by Crippen LogP contribution is 2.24. The largest absolute Gasteiger partial charge is 0.481 e. The fourth-order valence-corrected chi connectivity index (χ4v) is 2.99. The van der Waals surface area contributed by atoms with Crippen molar-refractivity contribution in [3.63, 3.8) is 0 Å². The molecule has 2 aliphatic heterocycles. The number of likely N-dealkylation sites (tertiary alicyclic amines) is 2. The van der Waals surface area contributed by atoms with E-state index in [1.165, 1.54) is 12.8 Å². The molecule has 0 aliphatic carbocycles. The molecule has 2 aliphatic rings. The van der Waals surface area contributed by atoms with Crippen molar-refractivity contribution in [2.24, 2.45) is 5.92 Å². The Kier molecular flexibility index (Phi) is 4.63. The number of amides is 2. The number of nitrogens with zero attached hydrogens (tertiary/aromatic N) is 2. The third-order valence-electron chi connectivity index (χ3n) is 4.24. The summed E-state index contributed by atoms with van der Waals surface area (Å²) < 4.78 is 0. The second kappa shape index (κ2) is 6.23. The molecule has 2 unspecified atom stereocenters. The summed E-state index contributed by atoms with van der Waals surface area (Å²) in [5.74, 6) is -1.23. The highest BCUT2D eigenvalue weighted by molar-refractivity contribution is 5.78. The van der Waals surface area contributed by atoms with Gasteiger partial charge in [0.1, 0.15) is 0 Å². The molecule has 6 heteroatoms. The summed E-state index contributed by atoms with van der Waals surface area (Å²) in [7, 11) is 0. The molecular formula is C13H23N3O3. The third kappa shape index (κ3) is 3.37. The van der Waals surface area contributed by atoms with Gasteiger partial charge in [0.25, 0.3) is 0 Å².